The highest BCUT2D eigenvalue weighted by molar-refractivity contribution is 8.15. The second-order valence-corrected chi connectivity index (χ2v) is 8.85. The lowest BCUT2D eigenvalue weighted by molar-refractivity contribution is -0.121. The molecule has 21 heavy (non-hydrogen) atoms. The summed E-state index contributed by atoms with van der Waals surface area (Å²) in [5.41, 5.74) is 0. The number of rotatable bonds is 5. The number of aliphatic imine (C=N–C) groups is 1. The van der Waals surface area contributed by atoms with E-state index in [-0.39, 0.29) is 34.6 Å². The maximum absolute atomic E-state index is 12.2. The number of amidine groups is 1. The zero-order chi connectivity index (χ0) is 15.6. The van der Waals surface area contributed by atoms with Crippen LogP contribution in [-0.2, 0) is 14.6 Å². The number of hydrogen-bond donors (Lipinski definition) is 0. The molecule has 118 valence electrons. The van der Waals surface area contributed by atoms with Gasteiger partial charge in [0.05, 0.1) is 17.5 Å². The van der Waals surface area contributed by atoms with E-state index in [1.165, 1.54) is 11.8 Å². The van der Waals surface area contributed by atoms with Crippen molar-refractivity contribution in [2.75, 3.05) is 18.1 Å². The number of carbonyl (C=O) groups excluding carboxylic acids is 1. The highest BCUT2D eigenvalue weighted by atomic mass is 32.2. The van der Waals surface area contributed by atoms with Crippen LogP contribution in [-0.4, -0.2) is 53.7 Å². The summed E-state index contributed by atoms with van der Waals surface area (Å²) >= 11 is 1.43. The zero-order valence-corrected chi connectivity index (χ0v) is 14.1. The van der Waals surface area contributed by atoms with Gasteiger partial charge in [0.15, 0.2) is 15.0 Å². The van der Waals surface area contributed by atoms with E-state index >= 15 is 0 Å². The first-order valence-corrected chi connectivity index (χ1v) is 9.99. The fourth-order valence-electron chi connectivity index (χ4n) is 2.81. The minimum atomic E-state index is -2.97. The van der Waals surface area contributed by atoms with Crippen LogP contribution in [0.1, 0.15) is 26.7 Å². The number of hydrogen-bond acceptors (Lipinski definition) is 4. The fraction of sp³-hybridized carbons (Fsp3) is 0.714. The lowest BCUT2D eigenvalue weighted by atomic mass is 10.0. The molecular formula is C14H22N2O3S2. The lowest BCUT2D eigenvalue weighted by Crippen LogP contribution is -2.37. The maximum Gasteiger partial charge on any atom is 0.251 e. The van der Waals surface area contributed by atoms with Crippen LogP contribution < -0.4 is 0 Å². The number of thioether (sulfide) groups is 1. The molecule has 2 saturated heterocycles. The Hall–Kier alpha value is -0.820. The van der Waals surface area contributed by atoms with E-state index < -0.39 is 9.84 Å². The number of fused-ring (bicyclic) bond motifs is 1. The van der Waals surface area contributed by atoms with Crippen molar-refractivity contribution >= 4 is 32.7 Å². The van der Waals surface area contributed by atoms with Gasteiger partial charge in [-0.25, -0.2) is 8.42 Å². The molecule has 2 unspecified atom stereocenters. The molecule has 0 aromatic carbocycles. The van der Waals surface area contributed by atoms with Gasteiger partial charge in [-0.2, -0.15) is 4.99 Å². The van der Waals surface area contributed by atoms with E-state index in [1.54, 1.807) is 6.08 Å². The normalized spacial score (nSPS) is 29.1. The molecule has 0 radical (unpaired) electrons. The molecule has 0 spiro atoms. The predicted molar refractivity (Wildman–Crippen MR) is 87.2 cm³/mol. The van der Waals surface area contributed by atoms with Gasteiger partial charge in [-0.3, -0.25) is 4.79 Å². The molecule has 2 atom stereocenters. The number of amides is 1. The molecule has 2 aliphatic heterocycles. The monoisotopic (exact) mass is 330 g/mol. The molecule has 2 fully saturated rings. The van der Waals surface area contributed by atoms with Crippen molar-refractivity contribution in [3.05, 3.63) is 12.7 Å². The Bertz CT molecular complexity index is 553. The molecule has 7 heteroatoms. The number of sulfone groups is 1. The Morgan fingerprint density at radius 1 is 1.48 bits per heavy atom. The van der Waals surface area contributed by atoms with E-state index in [1.807, 2.05) is 18.7 Å². The van der Waals surface area contributed by atoms with Gasteiger partial charge in [-0.05, 0) is 12.8 Å². The van der Waals surface area contributed by atoms with Crippen LogP contribution in [0.2, 0.25) is 0 Å². The topological polar surface area (TPSA) is 66.8 Å². The molecule has 1 amide bonds. The molecule has 0 saturated carbocycles. The molecule has 0 aromatic heterocycles. The average Bonchev–Trinajstić information content (AvgIpc) is 2.85. The molecule has 5 nitrogen and oxygen atoms in total. The van der Waals surface area contributed by atoms with Gasteiger partial charge in [0.25, 0.3) is 5.91 Å². The molecule has 0 N–H and O–H groups in total. The van der Waals surface area contributed by atoms with Crippen LogP contribution in [0.4, 0.5) is 0 Å². The second kappa shape index (κ2) is 6.52. The summed E-state index contributed by atoms with van der Waals surface area (Å²) in [6, 6.07) is -0.0775. The molecule has 2 aliphatic rings. The number of carbonyl (C=O) groups is 1. The van der Waals surface area contributed by atoms with Gasteiger partial charge in [-0.1, -0.05) is 31.7 Å². The fourth-order valence-corrected chi connectivity index (χ4v) is 6.78. The Morgan fingerprint density at radius 3 is 2.71 bits per heavy atom. The average molecular weight is 330 g/mol. The minimum absolute atomic E-state index is 0.0109. The van der Waals surface area contributed by atoms with E-state index in [4.69, 9.17) is 0 Å². The lowest BCUT2D eigenvalue weighted by Gasteiger charge is -2.22. The first-order valence-electron chi connectivity index (χ1n) is 7.29. The van der Waals surface area contributed by atoms with Crippen molar-refractivity contribution in [1.29, 1.82) is 0 Å². The third-order valence-corrected chi connectivity index (χ3v) is 7.29. The Labute approximate surface area is 130 Å². The zero-order valence-electron chi connectivity index (χ0n) is 12.5. The Balaban J connectivity index is 2.21. The van der Waals surface area contributed by atoms with Crippen molar-refractivity contribution in [3.63, 3.8) is 0 Å². The SMILES string of the molecule is C=CCN1C(=NC(=O)C(CC)CC)SC2CS(=O)(=O)CC21. The molecule has 0 aliphatic carbocycles. The summed E-state index contributed by atoms with van der Waals surface area (Å²) in [5, 5.41) is 0.653. The molecule has 0 aromatic rings. The van der Waals surface area contributed by atoms with Crippen LogP contribution in [0, 0.1) is 5.92 Å². The first-order chi connectivity index (χ1) is 9.91. The van der Waals surface area contributed by atoms with Crippen molar-refractivity contribution in [2.24, 2.45) is 10.9 Å². The van der Waals surface area contributed by atoms with Crippen molar-refractivity contribution < 1.29 is 13.2 Å². The summed E-state index contributed by atoms with van der Waals surface area (Å²) in [6.07, 6.45) is 3.28. The van der Waals surface area contributed by atoms with E-state index in [2.05, 4.69) is 11.6 Å². The number of nitrogens with zero attached hydrogens (tertiary/aromatic N) is 2. The van der Waals surface area contributed by atoms with Gasteiger partial charge in [0.1, 0.15) is 0 Å². The summed E-state index contributed by atoms with van der Waals surface area (Å²) in [4.78, 5) is 18.4. The summed E-state index contributed by atoms with van der Waals surface area (Å²) in [5.74, 6) is 0.178. The van der Waals surface area contributed by atoms with Gasteiger partial charge in [-0.15, -0.1) is 6.58 Å². The van der Waals surface area contributed by atoms with Gasteiger partial charge < -0.3 is 4.90 Å². The van der Waals surface area contributed by atoms with Crippen LogP contribution in [0.3, 0.4) is 0 Å². The third kappa shape index (κ3) is 3.51. The van der Waals surface area contributed by atoms with Crippen molar-refractivity contribution in [2.45, 2.75) is 38.0 Å². The summed E-state index contributed by atoms with van der Waals surface area (Å²) < 4.78 is 23.5. The smallest absolute Gasteiger partial charge is 0.251 e. The highest BCUT2D eigenvalue weighted by Gasteiger charge is 2.48. The van der Waals surface area contributed by atoms with Crippen LogP contribution >= 0.6 is 11.8 Å². The third-order valence-electron chi connectivity index (χ3n) is 4.04. The molecular weight excluding hydrogens is 308 g/mol. The minimum Gasteiger partial charge on any atom is -0.342 e. The first kappa shape index (κ1) is 16.5. The van der Waals surface area contributed by atoms with Gasteiger partial charge >= 0.3 is 0 Å². The van der Waals surface area contributed by atoms with E-state index in [0.717, 1.165) is 12.8 Å². The van der Waals surface area contributed by atoms with E-state index in [9.17, 15) is 13.2 Å². The van der Waals surface area contributed by atoms with Crippen LogP contribution in [0.15, 0.2) is 17.6 Å². The van der Waals surface area contributed by atoms with Gasteiger partial charge in [0.2, 0.25) is 0 Å². The predicted octanol–water partition coefficient (Wildman–Crippen LogP) is 1.71. The van der Waals surface area contributed by atoms with Gasteiger partial charge in [0, 0.05) is 17.7 Å². The van der Waals surface area contributed by atoms with Crippen molar-refractivity contribution in [3.8, 4) is 0 Å². The quantitative estimate of drug-likeness (QED) is 0.718. The summed E-state index contributed by atoms with van der Waals surface area (Å²) in [7, 11) is -2.97. The highest BCUT2D eigenvalue weighted by Crippen LogP contribution is 2.38. The maximum atomic E-state index is 12.2. The standard InChI is InChI=1S/C14H22N2O3S2/c1-4-7-16-11-8-21(18,19)9-12(11)20-14(16)15-13(17)10(5-2)6-3/h4,10-12H,1,5-9H2,2-3H3. The molecule has 2 heterocycles. The van der Waals surface area contributed by atoms with E-state index in [0.29, 0.717) is 11.7 Å². The largest absolute Gasteiger partial charge is 0.342 e. The van der Waals surface area contributed by atoms with Crippen molar-refractivity contribution in [1.82, 2.24) is 4.90 Å². The molecule has 0 bridgehead atoms. The second-order valence-electron chi connectivity index (χ2n) is 5.49. The Morgan fingerprint density at radius 2 is 2.14 bits per heavy atom. The van der Waals surface area contributed by atoms with Crippen LogP contribution in [0.5, 0.6) is 0 Å². The van der Waals surface area contributed by atoms with Crippen LogP contribution in [0.25, 0.3) is 0 Å². The molecule has 2 rings (SSSR count). The summed E-state index contributed by atoms with van der Waals surface area (Å²) in [6.45, 7) is 8.21. The Kier molecular flexibility index (Phi) is 5.14.